The van der Waals surface area contributed by atoms with E-state index in [0.29, 0.717) is 16.9 Å². The second-order valence-corrected chi connectivity index (χ2v) is 6.79. The minimum Gasteiger partial charge on any atom is -0.478 e. The topological polar surface area (TPSA) is 49.3 Å². The summed E-state index contributed by atoms with van der Waals surface area (Å²) in [7, 11) is 0. The highest BCUT2D eigenvalue weighted by atomic mass is 32.2. The molecule has 2 rings (SSSR count). The summed E-state index contributed by atoms with van der Waals surface area (Å²) in [4.78, 5) is 11.2. The first kappa shape index (κ1) is 15.4. The van der Waals surface area contributed by atoms with Gasteiger partial charge in [-0.15, -0.1) is 0 Å². The Kier molecular flexibility index (Phi) is 5.49. The Hall–Kier alpha value is -1.00. The molecule has 1 fully saturated rings. The van der Waals surface area contributed by atoms with Crippen LogP contribution in [0.15, 0.2) is 24.3 Å². The van der Waals surface area contributed by atoms with E-state index in [1.165, 1.54) is 32.1 Å². The van der Waals surface area contributed by atoms with Crippen LogP contribution in [0.5, 0.6) is 0 Å². The number of carbonyl (C=O) groups is 1. The molecule has 0 radical (unpaired) electrons. The zero-order valence-corrected chi connectivity index (χ0v) is 12.8. The van der Waals surface area contributed by atoms with E-state index in [2.05, 4.69) is 11.6 Å². The fraction of sp³-hybridized carbons (Fsp3) is 0.562. The summed E-state index contributed by atoms with van der Waals surface area (Å²) in [5.74, 6) is -0.848. The molecule has 0 bridgehead atoms. The molecule has 0 atom stereocenters. The van der Waals surface area contributed by atoms with Crippen LogP contribution in [0.3, 0.4) is 0 Å². The van der Waals surface area contributed by atoms with Crippen LogP contribution in [0.2, 0.25) is 0 Å². The van der Waals surface area contributed by atoms with Gasteiger partial charge in [-0.25, -0.2) is 4.79 Å². The highest BCUT2D eigenvalue weighted by molar-refractivity contribution is 8.00. The van der Waals surface area contributed by atoms with Crippen molar-refractivity contribution in [2.45, 2.75) is 43.4 Å². The summed E-state index contributed by atoms with van der Waals surface area (Å²) in [5.41, 5.74) is 1.27. The van der Waals surface area contributed by atoms with E-state index in [1.807, 2.05) is 23.9 Å². The minimum atomic E-state index is -0.848. The third kappa shape index (κ3) is 3.76. The first-order chi connectivity index (χ1) is 9.67. The Morgan fingerprint density at radius 1 is 1.30 bits per heavy atom. The molecular formula is C16H23NO2S. The van der Waals surface area contributed by atoms with Crippen molar-refractivity contribution in [3.63, 3.8) is 0 Å². The lowest BCUT2D eigenvalue weighted by Gasteiger charge is -2.36. The summed E-state index contributed by atoms with van der Waals surface area (Å²) in [6.07, 6.45) is 8.70. The van der Waals surface area contributed by atoms with Crippen molar-refractivity contribution in [1.29, 1.82) is 0 Å². The molecule has 0 amide bonds. The number of hydrogen-bond acceptors (Lipinski definition) is 3. The summed E-state index contributed by atoms with van der Waals surface area (Å²) < 4.78 is 0.344. The number of carboxylic acid groups (broad SMARTS) is 1. The van der Waals surface area contributed by atoms with Crippen LogP contribution in [0.4, 0.5) is 0 Å². The van der Waals surface area contributed by atoms with E-state index >= 15 is 0 Å². The first-order valence-corrected chi connectivity index (χ1v) is 8.46. The molecule has 0 unspecified atom stereocenters. The van der Waals surface area contributed by atoms with Crippen LogP contribution in [0.25, 0.3) is 0 Å². The van der Waals surface area contributed by atoms with Crippen LogP contribution in [-0.2, 0) is 6.54 Å². The summed E-state index contributed by atoms with van der Waals surface area (Å²) >= 11 is 1.96. The number of rotatable bonds is 6. The molecular weight excluding hydrogens is 270 g/mol. The fourth-order valence-corrected chi connectivity index (χ4v) is 3.90. The van der Waals surface area contributed by atoms with Gasteiger partial charge >= 0.3 is 5.97 Å². The molecule has 1 aromatic carbocycles. The molecule has 110 valence electrons. The van der Waals surface area contributed by atoms with Crippen molar-refractivity contribution >= 4 is 17.7 Å². The van der Waals surface area contributed by atoms with Gasteiger partial charge < -0.3 is 10.4 Å². The lowest BCUT2D eigenvalue weighted by Crippen LogP contribution is -2.39. The van der Waals surface area contributed by atoms with Crippen molar-refractivity contribution in [2.24, 2.45) is 0 Å². The van der Waals surface area contributed by atoms with E-state index in [0.717, 1.165) is 12.1 Å². The van der Waals surface area contributed by atoms with Gasteiger partial charge in [0.2, 0.25) is 0 Å². The van der Waals surface area contributed by atoms with Gasteiger partial charge in [-0.3, -0.25) is 0 Å². The lowest BCUT2D eigenvalue weighted by molar-refractivity contribution is 0.0695. The number of hydrogen-bond donors (Lipinski definition) is 2. The van der Waals surface area contributed by atoms with Gasteiger partial charge in [0.15, 0.2) is 0 Å². The molecule has 0 spiro atoms. The van der Waals surface area contributed by atoms with E-state index < -0.39 is 5.97 Å². The predicted octanol–water partition coefficient (Wildman–Crippen LogP) is 3.54. The summed E-state index contributed by atoms with van der Waals surface area (Å²) in [6.45, 7) is 1.59. The van der Waals surface area contributed by atoms with Gasteiger partial charge in [0.05, 0.1) is 5.56 Å². The Morgan fingerprint density at radius 2 is 2.00 bits per heavy atom. The molecule has 3 nitrogen and oxygen atoms in total. The van der Waals surface area contributed by atoms with E-state index in [-0.39, 0.29) is 0 Å². The van der Waals surface area contributed by atoms with Crippen molar-refractivity contribution in [3.05, 3.63) is 35.4 Å². The first-order valence-electron chi connectivity index (χ1n) is 7.24. The van der Waals surface area contributed by atoms with Crippen molar-refractivity contribution in [3.8, 4) is 0 Å². The van der Waals surface area contributed by atoms with Gasteiger partial charge in [-0.1, -0.05) is 37.5 Å². The Labute approximate surface area is 125 Å². The quantitative estimate of drug-likeness (QED) is 0.842. The molecule has 0 aromatic heterocycles. The normalized spacial score (nSPS) is 17.9. The molecule has 2 N–H and O–H groups in total. The third-order valence-corrected chi connectivity index (χ3v) is 5.63. The molecule has 1 aliphatic carbocycles. The van der Waals surface area contributed by atoms with E-state index in [1.54, 1.807) is 12.1 Å². The van der Waals surface area contributed by atoms with Gasteiger partial charge in [0.1, 0.15) is 0 Å². The van der Waals surface area contributed by atoms with Gasteiger partial charge in [-0.05, 0) is 30.7 Å². The van der Waals surface area contributed by atoms with E-state index in [4.69, 9.17) is 0 Å². The maximum atomic E-state index is 11.2. The highest BCUT2D eigenvalue weighted by Crippen LogP contribution is 2.37. The zero-order chi connectivity index (χ0) is 14.4. The molecule has 1 saturated carbocycles. The van der Waals surface area contributed by atoms with Crippen LogP contribution < -0.4 is 5.32 Å². The number of nitrogens with one attached hydrogen (secondary N) is 1. The average molecular weight is 293 g/mol. The van der Waals surface area contributed by atoms with Crippen molar-refractivity contribution in [1.82, 2.24) is 5.32 Å². The average Bonchev–Trinajstić information content (AvgIpc) is 2.48. The molecule has 4 heteroatoms. The second kappa shape index (κ2) is 7.14. The molecule has 1 aromatic rings. The number of benzene rings is 1. The Balaban J connectivity index is 1.94. The highest BCUT2D eigenvalue weighted by Gasteiger charge is 2.30. The lowest BCUT2D eigenvalue weighted by atomic mass is 9.88. The number of carboxylic acids is 1. The number of thioether (sulfide) groups is 1. The maximum absolute atomic E-state index is 11.2. The standard InChI is InChI=1S/C16H23NO2S/c1-20-16(9-5-2-6-10-16)12-17-11-13-7-3-4-8-14(13)15(18)19/h3-4,7-8,17H,2,5-6,9-12H2,1H3,(H,18,19). The maximum Gasteiger partial charge on any atom is 0.336 e. The van der Waals surface area contributed by atoms with Crippen LogP contribution >= 0.6 is 11.8 Å². The second-order valence-electron chi connectivity index (χ2n) is 5.51. The molecule has 1 aliphatic rings. The van der Waals surface area contributed by atoms with Crippen molar-refractivity contribution in [2.75, 3.05) is 12.8 Å². The fourth-order valence-electron chi connectivity index (χ4n) is 2.96. The molecule has 20 heavy (non-hydrogen) atoms. The predicted molar refractivity (Wildman–Crippen MR) is 84.4 cm³/mol. The SMILES string of the molecule is CSC1(CNCc2ccccc2C(=O)O)CCCCC1. The number of aromatic carboxylic acids is 1. The van der Waals surface area contributed by atoms with Gasteiger partial charge in [-0.2, -0.15) is 11.8 Å². The Morgan fingerprint density at radius 3 is 2.65 bits per heavy atom. The smallest absolute Gasteiger partial charge is 0.336 e. The molecule has 0 heterocycles. The molecule has 0 aliphatic heterocycles. The van der Waals surface area contributed by atoms with Crippen LogP contribution in [0.1, 0.15) is 48.0 Å². The Bertz CT molecular complexity index is 456. The molecule has 0 saturated heterocycles. The minimum absolute atomic E-state index is 0.344. The summed E-state index contributed by atoms with van der Waals surface area (Å²) in [5, 5.41) is 12.7. The van der Waals surface area contributed by atoms with E-state index in [9.17, 15) is 9.90 Å². The summed E-state index contributed by atoms with van der Waals surface area (Å²) in [6, 6.07) is 7.24. The van der Waals surface area contributed by atoms with Crippen LogP contribution in [-0.4, -0.2) is 28.6 Å². The van der Waals surface area contributed by atoms with Crippen LogP contribution in [0, 0.1) is 0 Å². The monoisotopic (exact) mass is 293 g/mol. The third-order valence-electron chi connectivity index (χ3n) is 4.21. The van der Waals surface area contributed by atoms with Crippen molar-refractivity contribution < 1.29 is 9.90 Å². The largest absolute Gasteiger partial charge is 0.478 e. The van der Waals surface area contributed by atoms with Gasteiger partial charge in [0.25, 0.3) is 0 Å². The van der Waals surface area contributed by atoms with Gasteiger partial charge in [0, 0.05) is 17.8 Å². The zero-order valence-electron chi connectivity index (χ0n) is 12.0.